The van der Waals surface area contributed by atoms with Gasteiger partial charge in [0.1, 0.15) is 6.04 Å². The largest absolute Gasteiger partial charge is 0.351 e. The van der Waals surface area contributed by atoms with Gasteiger partial charge >= 0.3 is 0 Å². The second-order valence-electron chi connectivity index (χ2n) is 4.91. The van der Waals surface area contributed by atoms with Crippen LogP contribution in [0.1, 0.15) is 11.1 Å². The summed E-state index contributed by atoms with van der Waals surface area (Å²) in [5, 5.41) is 6.26. The minimum atomic E-state index is -0.0523. The number of nitrogens with one attached hydrogen (secondary N) is 2. The van der Waals surface area contributed by atoms with Gasteiger partial charge < -0.3 is 10.6 Å². The van der Waals surface area contributed by atoms with E-state index in [0.29, 0.717) is 6.54 Å². The summed E-state index contributed by atoms with van der Waals surface area (Å²) < 4.78 is 0. The van der Waals surface area contributed by atoms with Gasteiger partial charge in [0.2, 0.25) is 5.91 Å². The number of nitrogens with zero attached hydrogens (tertiary/aromatic N) is 1. The summed E-state index contributed by atoms with van der Waals surface area (Å²) in [6.45, 7) is 5.27. The van der Waals surface area contributed by atoms with E-state index in [1.165, 1.54) is 5.56 Å². The summed E-state index contributed by atoms with van der Waals surface area (Å²) in [6.07, 6.45) is 0. The molecule has 1 aromatic carbocycles. The molecule has 2 rings (SSSR count). The van der Waals surface area contributed by atoms with Crippen LogP contribution in [0, 0.1) is 6.92 Å². The summed E-state index contributed by atoms with van der Waals surface area (Å²) >= 11 is 0. The van der Waals surface area contributed by atoms with Gasteiger partial charge in [-0.1, -0.05) is 29.8 Å². The summed E-state index contributed by atoms with van der Waals surface area (Å²) in [5.41, 5.74) is 2.37. The van der Waals surface area contributed by atoms with E-state index in [0.717, 1.165) is 25.2 Å². The molecule has 0 aromatic heterocycles. The van der Waals surface area contributed by atoms with Crippen molar-refractivity contribution in [3.8, 4) is 0 Å². The molecule has 0 aliphatic carbocycles. The van der Waals surface area contributed by atoms with Crippen molar-refractivity contribution in [3.63, 3.8) is 0 Å². The molecule has 0 spiro atoms. The average molecular weight is 247 g/mol. The Balaban J connectivity index is 1.88. The molecule has 1 heterocycles. The first-order valence-corrected chi connectivity index (χ1v) is 6.41. The van der Waals surface area contributed by atoms with E-state index < -0.39 is 0 Å². The number of likely N-dealkylation sites (N-methyl/N-ethyl adjacent to an activating group) is 1. The van der Waals surface area contributed by atoms with Crippen molar-refractivity contribution in [2.45, 2.75) is 19.5 Å². The van der Waals surface area contributed by atoms with Gasteiger partial charge in [0.15, 0.2) is 0 Å². The summed E-state index contributed by atoms with van der Waals surface area (Å²) in [4.78, 5) is 14.2. The fourth-order valence-corrected chi connectivity index (χ4v) is 2.23. The smallest absolute Gasteiger partial charge is 0.238 e. The molecule has 98 valence electrons. The van der Waals surface area contributed by atoms with Crippen LogP contribution in [0.15, 0.2) is 24.3 Å². The minimum Gasteiger partial charge on any atom is -0.351 e. The Bertz CT molecular complexity index is 419. The molecule has 4 nitrogen and oxygen atoms in total. The maximum atomic E-state index is 12.1. The predicted molar refractivity (Wildman–Crippen MR) is 72.3 cm³/mol. The molecule has 2 N–H and O–H groups in total. The topological polar surface area (TPSA) is 44.4 Å². The third-order valence-electron chi connectivity index (χ3n) is 3.36. The van der Waals surface area contributed by atoms with Crippen LogP contribution in [0.5, 0.6) is 0 Å². The molecule has 1 amide bonds. The molecular formula is C14H21N3O. The van der Waals surface area contributed by atoms with Crippen molar-refractivity contribution in [1.82, 2.24) is 15.5 Å². The van der Waals surface area contributed by atoms with Crippen LogP contribution in [0.25, 0.3) is 0 Å². The van der Waals surface area contributed by atoms with Crippen LogP contribution in [-0.2, 0) is 11.3 Å². The van der Waals surface area contributed by atoms with E-state index in [-0.39, 0.29) is 11.9 Å². The number of benzene rings is 1. The third-order valence-corrected chi connectivity index (χ3v) is 3.36. The highest BCUT2D eigenvalue weighted by atomic mass is 16.2. The van der Waals surface area contributed by atoms with E-state index in [1.807, 2.05) is 19.2 Å². The lowest BCUT2D eigenvalue weighted by atomic mass is 10.1. The zero-order valence-electron chi connectivity index (χ0n) is 11.1. The third kappa shape index (κ3) is 3.31. The van der Waals surface area contributed by atoms with Crippen molar-refractivity contribution in [1.29, 1.82) is 0 Å². The van der Waals surface area contributed by atoms with Crippen molar-refractivity contribution >= 4 is 5.91 Å². The zero-order chi connectivity index (χ0) is 13.0. The van der Waals surface area contributed by atoms with Gasteiger partial charge in [-0.3, -0.25) is 9.69 Å². The highest BCUT2D eigenvalue weighted by Crippen LogP contribution is 2.04. The van der Waals surface area contributed by atoms with Crippen LogP contribution in [0.3, 0.4) is 0 Å². The highest BCUT2D eigenvalue weighted by molar-refractivity contribution is 5.82. The Morgan fingerprint density at radius 1 is 1.56 bits per heavy atom. The van der Waals surface area contributed by atoms with Gasteiger partial charge in [0.25, 0.3) is 0 Å². The molecule has 0 saturated carbocycles. The molecule has 1 aliphatic rings. The molecule has 1 aromatic rings. The molecule has 1 atom stereocenters. The number of rotatable bonds is 3. The van der Waals surface area contributed by atoms with Gasteiger partial charge in [-0.2, -0.15) is 0 Å². The van der Waals surface area contributed by atoms with Crippen molar-refractivity contribution in [2.75, 3.05) is 26.7 Å². The van der Waals surface area contributed by atoms with Crippen LogP contribution in [-0.4, -0.2) is 43.5 Å². The summed E-state index contributed by atoms with van der Waals surface area (Å²) in [5.74, 6) is 0.103. The lowest BCUT2D eigenvalue weighted by Gasteiger charge is -2.31. The second-order valence-corrected chi connectivity index (χ2v) is 4.91. The number of piperazine rings is 1. The molecule has 0 radical (unpaired) electrons. The number of hydrogen-bond donors (Lipinski definition) is 2. The average Bonchev–Trinajstić information content (AvgIpc) is 2.37. The Kier molecular flexibility index (Phi) is 4.33. The van der Waals surface area contributed by atoms with Crippen LogP contribution < -0.4 is 10.6 Å². The zero-order valence-corrected chi connectivity index (χ0v) is 11.1. The van der Waals surface area contributed by atoms with Gasteiger partial charge in [-0.05, 0) is 19.5 Å². The fourth-order valence-electron chi connectivity index (χ4n) is 2.23. The van der Waals surface area contributed by atoms with Gasteiger partial charge in [0, 0.05) is 26.2 Å². The molecule has 1 fully saturated rings. The van der Waals surface area contributed by atoms with Gasteiger partial charge in [-0.15, -0.1) is 0 Å². The fraction of sp³-hybridized carbons (Fsp3) is 0.500. The summed E-state index contributed by atoms with van der Waals surface area (Å²) in [6, 6.07) is 8.16. The highest BCUT2D eigenvalue weighted by Gasteiger charge is 2.25. The first-order valence-electron chi connectivity index (χ1n) is 6.41. The van der Waals surface area contributed by atoms with E-state index in [1.54, 1.807) is 0 Å². The SMILES string of the molecule is Cc1cccc(CNC(=O)C2CNCCN2C)c1. The first kappa shape index (κ1) is 13.1. The first-order chi connectivity index (χ1) is 8.66. The van der Waals surface area contributed by atoms with Crippen LogP contribution in [0.2, 0.25) is 0 Å². The van der Waals surface area contributed by atoms with Crippen LogP contribution >= 0.6 is 0 Å². The molecule has 0 bridgehead atoms. The van der Waals surface area contributed by atoms with E-state index >= 15 is 0 Å². The Labute approximate surface area is 108 Å². The number of aryl methyl sites for hydroxylation is 1. The predicted octanol–water partition coefficient (Wildman–Crippen LogP) is 0.515. The molecule has 1 unspecified atom stereocenters. The lowest BCUT2D eigenvalue weighted by molar-refractivity contribution is -0.126. The molecule has 18 heavy (non-hydrogen) atoms. The monoisotopic (exact) mass is 247 g/mol. The standard InChI is InChI=1S/C14H21N3O/c1-11-4-3-5-12(8-11)9-16-14(18)13-10-15-6-7-17(13)2/h3-5,8,13,15H,6-7,9-10H2,1-2H3,(H,16,18). The maximum absolute atomic E-state index is 12.1. The minimum absolute atomic E-state index is 0.0523. The lowest BCUT2D eigenvalue weighted by Crippen LogP contribution is -2.56. The van der Waals surface area contributed by atoms with Crippen molar-refractivity contribution < 1.29 is 4.79 Å². The molecule has 4 heteroatoms. The number of carbonyl (C=O) groups is 1. The number of hydrogen-bond acceptors (Lipinski definition) is 3. The molecule has 1 aliphatic heterocycles. The Hall–Kier alpha value is -1.39. The normalized spacial score (nSPS) is 20.7. The molecular weight excluding hydrogens is 226 g/mol. The van der Waals surface area contributed by atoms with E-state index in [2.05, 4.69) is 34.6 Å². The quantitative estimate of drug-likeness (QED) is 0.818. The molecule has 1 saturated heterocycles. The van der Waals surface area contributed by atoms with Crippen molar-refractivity contribution in [2.24, 2.45) is 0 Å². The maximum Gasteiger partial charge on any atom is 0.238 e. The summed E-state index contributed by atoms with van der Waals surface area (Å²) in [7, 11) is 2.00. The van der Waals surface area contributed by atoms with Crippen molar-refractivity contribution in [3.05, 3.63) is 35.4 Å². The Morgan fingerprint density at radius 3 is 3.11 bits per heavy atom. The van der Waals surface area contributed by atoms with Gasteiger partial charge in [0.05, 0.1) is 0 Å². The van der Waals surface area contributed by atoms with Gasteiger partial charge in [-0.25, -0.2) is 0 Å². The number of amides is 1. The Morgan fingerprint density at radius 2 is 2.39 bits per heavy atom. The van der Waals surface area contributed by atoms with E-state index in [9.17, 15) is 4.79 Å². The number of carbonyl (C=O) groups excluding carboxylic acids is 1. The van der Waals surface area contributed by atoms with Crippen LogP contribution in [0.4, 0.5) is 0 Å². The van der Waals surface area contributed by atoms with E-state index in [4.69, 9.17) is 0 Å². The second kappa shape index (κ2) is 5.98.